The number of nitrogens with one attached hydrogen (secondary N) is 2. The van der Waals surface area contributed by atoms with Crippen molar-refractivity contribution in [2.75, 3.05) is 18.8 Å². The molecule has 1 amide bonds. The van der Waals surface area contributed by atoms with E-state index in [-0.39, 0.29) is 18.2 Å². The third-order valence-corrected chi connectivity index (χ3v) is 3.56. The van der Waals surface area contributed by atoms with Crippen LogP contribution in [0.5, 0.6) is 0 Å². The molecule has 0 bridgehead atoms. The maximum absolute atomic E-state index is 11.2. The molecular formula is C10H22N2O3S. The highest BCUT2D eigenvalue weighted by molar-refractivity contribution is 7.89. The topological polar surface area (TPSA) is 75.3 Å². The molecule has 0 unspecified atom stereocenters. The fourth-order valence-corrected chi connectivity index (χ4v) is 2.21. The second-order valence-corrected chi connectivity index (χ2v) is 5.62. The van der Waals surface area contributed by atoms with Gasteiger partial charge in [-0.15, -0.1) is 0 Å². The molecule has 0 radical (unpaired) electrons. The number of unbranched alkanes of at least 4 members (excludes halogenated alkanes) is 2. The van der Waals surface area contributed by atoms with Gasteiger partial charge in [-0.2, -0.15) is 0 Å². The van der Waals surface area contributed by atoms with Crippen molar-refractivity contribution in [2.45, 2.75) is 39.5 Å². The summed E-state index contributed by atoms with van der Waals surface area (Å²) in [4.78, 5) is 11.2. The molecule has 0 spiro atoms. The van der Waals surface area contributed by atoms with E-state index in [4.69, 9.17) is 0 Å². The molecule has 5 nitrogen and oxygen atoms in total. The summed E-state index contributed by atoms with van der Waals surface area (Å²) in [5.41, 5.74) is 0. The summed E-state index contributed by atoms with van der Waals surface area (Å²) >= 11 is 0. The van der Waals surface area contributed by atoms with Crippen LogP contribution in [-0.2, 0) is 14.8 Å². The lowest BCUT2D eigenvalue weighted by Crippen LogP contribution is -2.38. The van der Waals surface area contributed by atoms with E-state index in [2.05, 4.69) is 17.0 Å². The summed E-state index contributed by atoms with van der Waals surface area (Å²) in [5.74, 6) is -0.202. The standard InChI is InChI=1S/C10H22N2O3S/c1-3-5-6-7-11-10(13)9-12-16(14,15)8-4-2/h12H,3-9H2,1-2H3,(H,11,13). The Balaban J connectivity index is 3.65. The van der Waals surface area contributed by atoms with Gasteiger partial charge in [-0.05, 0) is 12.8 Å². The smallest absolute Gasteiger partial charge is 0.235 e. The lowest BCUT2D eigenvalue weighted by Gasteiger charge is -2.06. The van der Waals surface area contributed by atoms with Gasteiger partial charge in [0.25, 0.3) is 0 Å². The molecule has 0 aliphatic rings. The molecule has 0 atom stereocenters. The number of carbonyl (C=O) groups excluding carboxylic acids is 1. The maximum atomic E-state index is 11.2. The van der Waals surface area contributed by atoms with Crippen molar-refractivity contribution in [3.8, 4) is 0 Å². The van der Waals surface area contributed by atoms with E-state index >= 15 is 0 Å². The molecule has 0 saturated carbocycles. The molecule has 0 aromatic rings. The fourth-order valence-electron chi connectivity index (χ4n) is 1.18. The van der Waals surface area contributed by atoms with Crippen LogP contribution in [0.4, 0.5) is 0 Å². The Labute approximate surface area is 98.0 Å². The summed E-state index contributed by atoms with van der Waals surface area (Å²) in [6.07, 6.45) is 3.65. The first-order valence-electron chi connectivity index (χ1n) is 5.76. The normalized spacial score (nSPS) is 11.4. The van der Waals surface area contributed by atoms with Crippen molar-refractivity contribution in [2.24, 2.45) is 0 Å². The van der Waals surface area contributed by atoms with Gasteiger partial charge in [-0.1, -0.05) is 26.7 Å². The number of amides is 1. The van der Waals surface area contributed by atoms with Crippen molar-refractivity contribution >= 4 is 15.9 Å². The molecule has 0 saturated heterocycles. The van der Waals surface area contributed by atoms with Crippen LogP contribution in [0.2, 0.25) is 0 Å². The van der Waals surface area contributed by atoms with Gasteiger partial charge in [-0.25, -0.2) is 13.1 Å². The van der Waals surface area contributed by atoms with Gasteiger partial charge >= 0.3 is 0 Å². The lowest BCUT2D eigenvalue weighted by atomic mass is 10.2. The van der Waals surface area contributed by atoms with Gasteiger partial charge in [0.05, 0.1) is 12.3 Å². The van der Waals surface area contributed by atoms with E-state index in [0.29, 0.717) is 13.0 Å². The van der Waals surface area contributed by atoms with Crippen molar-refractivity contribution in [3.63, 3.8) is 0 Å². The zero-order valence-electron chi connectivity index (χ0n) is 10.1. The summed E-state index contributed by atoms with van der Waals surface area (Å²) in [6, 6.07) is 0. The second-order valence-electron chi connectivity index (χ2n) is 3.70. The molecular weight excluding hydrogens is 228 g/mol. The van der Waals surface area contributed by atoms with Crippen molar-refractivity contribution in [1.82, 2.24) is 10.0 Å². The average Bonchev–Trinajstić information content (AvgIpc) is 2.22. The number of sulfonamides is 1. The Hall–Kier alpha value is -0.620. The molecule has 0 aromatic heterocycles. The van der Waals surface area contributed by atoms with E-state index < -0.39 is 10.0 Å². The minimum absolute atomic E-state index is 0.0656. The van der Waals surface area contributed by atoms with Gasteiger partial charge in [0.1, 0.15) is 0 Å². The summed E-state index contributed by atoms with van der Waals surface area (Å²) in [6.45, 7) is 4.32. The van der Waals surface area contributed by atoms with Crippen LogP contribution in [0, 0.1) is 0 Å². The molecule has 0 aliphatic heterocycles. The molecule has 0 heterocycles. The van der Waals surface area contributed by atoms with Crippen LogP contribution < -0.4 is 10.0 Å². The van der Waals surface area contributed by atoms with Crippen LogP contribution in [0.15, 0.2) is 0 Å². The highest BCUT2D eigenvalue weighted by Gasteiger charge is 2.10. The van der Waals surface area contributed by atoms with Gasteiger partial charge < -0.3 is 5.32 Å². The predicted molar refractivity (Wildman–Crippen MR) is 64.6 cm³/mol. The fraction of sp³-hybridized carbons (Fsp3) is 0.900. The van der Waals surface area contributed by atoms with Gasteiger partial charge in [0.2, 0.25) is 15.9 Å². The summed E-state index contributed by atoms with van der Waals surface area (Å²) in [7, 11) is -3.27. The molecule has 96 valence electrons. The molecule has 0 aromatic carbocycles. The Bertz CT molecular complexity index is 288. The van der Waals surface area contributed by atoms with Gasteiger partial charge in [0, 0.05) is 6.54 Å². The molecule has 0 aliphatic carbocycles. The lowest BCUT2D eigenvalue weighted by molar-refractivity contribution is -0.119. The Morgan fingerprint density at radius 1 is 1.12 bits per heavy atom. The van der Waals surface area contributed by atoms with E-state index in [0.717, 1.165) is 19.3 Å². The SMILES string of the molecule is CCCCCNC(=O)CNS(=O)(=O)CCC. The first-order valence-corrected chi connectivity index (χ1v) is 7.41. The first kappa shape index (κ1) is 15.4. The third-order valence-electron chi connectivity index (χ3n) is 2.03. The molecule has 0 fully saturated rings. The molecule has 6 heteroatoms. The predicted octanol–water partition coefficient (Wildman–Crippen LogP) is 0.622. The minimum atomic E-state index is -3.27. The first-order chi connectivity index (χ1) is 7.52. The molecule has 2 N–H and O–H groups in total. The number of hydrogen-bond donors (Lipinski definition) is 2. The quantitative estimate of drug-likeness (QED) is 0.589. The average molecular weight is 250 g/mol. The Morgan fingerprint density at radius 2 is 1.81 bits per heavy atom. The Morgan fingerprint density at radius 3 is 2.38 bits per heavy atom. The second kappa shape index (κ2) is 8.52. The van der Waals surface area contributed by atoms with Crippen molar-refractivity contribution in [3.05, 3.63) is 0 Å². The third kappa shape index (κ3) is 8.67. The van der Waals surface area contributed by atoms with E-state index in [1.165, 1.54) is 0 Å². The summed E-state index contributed by atoms with van der Waals surface area (Å²) < 4.78 is 24.7. The summed E-state index contributed by atoms with van der Waals surface area (Å²) in [5, 5.41) is 2.67. The van der Waals surface area contributed by atoms with E-state index in [9.17, 15) is 13.2 Å². The van der Waals surface area contributed by atoms with E-state index in [1.54, 1.807) is 6.92 Å². The maximum Gasteiger partial charge on any atom is 0.235 e. The number of carbonyl (C=O) groups is 1. The van der Waals surface area contributed by atoms with Crippen LogP contribution in [0.25, 0.3) is 0 Å². The van der Waals surface area contributed by atoms with Gasteiger partial charge in [-0.3, -0.25) is 4.79 Å². The van der Waals surface area contributed by atoms with E-state index in [1.807, 2.05) is 0 Å². The monoisotopic (exact) mass is 250 g/mol. The number of rotatable bonds is 9. The molecule has 0 rings (SSSR count). The van der Waals surface area contributed by atoms with Crippen LogP contribution in [0.3, 0.4) is 0 Å². The van der Waals surface area contributed by atoms with Crippen LogP contribution >= 0.6 is 0 Å². The zero-order chi connectivity index (χ0) is 12.4. The highest BCUT2D eigenvalue weighted by Crippen LogP contribution is 1.91. The number of hydrogen-bond acceptors (Lipinski definition) is 3. The van der Waals surface area contributed by atoms with Crippen LogP contribution in [0.1, 0.15) is 39.5 Å². The highest BCUT2D eigenvalue weighted by atomic mass is 32.2. The van der Waals surface area contributed by atoms with Gasteiger partial charge in [0.15, 0.2) is 0 Å². The molecule has 16 heavy (non-hydrogen) atoms. The van der Waals surface area contributed by atoms with Crippen molar-refractivity contribution in [1.29, 1.82) is 0 Å². The zero-order valence-corrected chi connectivity index (χ0v) is 10.9. The minimum Gasteiger partial charge on any atom is -0.355 e. The van der Waals surface area contributed by atoms with Crippen LogP contribution in [-0.4, -0.2) is 33.2 Å². The van der Waals surface area contributed by atoms with Crippen molar-refractivity contribution < 1.29 is 13.2 Å². The Kier molecular flexibility index (Phi) is 8.19. The largest absolute Gasteiger partial charge is 0.355 e.